The Balaban J connectivity index is 2.25. The average molecular weight is 288 g/mol. The standard InChI is InChI=1S/C16H25BO2Si/c1-13(17-18-15(2,3)16(4,5)19-17)20(6,7)14-11-9-8-10-12-14/h8-12H,1H2,2-7H3. The third-order valence-electron chi connectivity index (χ3n) is 4.84. The first kappa shape index (κ1) is 15.5. The van der Waals surface area contributed by atoms with Crippen LogP contribution in [0.1, 0.15) is 27.7 Å². The van der Waals surface area contributed by atoms with Crippen molar-refractivity contribution in [1.82, 2.24) is 0 Å². The van der Waals surface area contributed by atoms with E-state index in [0.29, 0.717) is 0 Å². The van der Waals surface area contributed by atoms with Gasteiger partial charge in [-0.2, -0.15) is 0 Å². The highest BCUT2D eigenvalue weighted by molar-refractivity contribution is 7.04. The van der Waals surface area contributed by atoms with Gasteiger partial charge in [-0.15, -0.1) is 6.58 Å². The maximum atomic E-state index is 6.15. The van der Waals surface area contributed by atoms with Gasteiger partial charge in [-0.25, -0.2) is 0 Å². The van der Waals surface area contributed by atoms with Crippen LogP contribution in [-0.4, -0.2) is 26.4 Å². The van der Waals surface area contributed by atoms with Crippen molar-refractivity contribution in [2.75, 3.05) is 0 Å². The smallest absolute Gasteiger partial charge is 0.400 e. The van der Waals surface area contributed by atoms with Gasteiger partial charge in [-0.1, -0.05) is 53.7 Å². The molecule has 108 valence electrons. The molecule has 0 amide bonds. The molecule has 1 aliphatic rings. The zero-order valence-electron chi connectivity index (χ0n) is 13.5. The van der Waals surface area contributed by atoms with E-state index in [1.165, 1.54) is 5.19 Å². The highest BCUT2D eigenvalue weighted by atomic mass is 28.3. The van der Waals surface area contributed by atoms with Crippen LogP contribution in [0.3, 0.4) is 0 Å². The van der Waals surface area contributed by atoms with Crippen molar-refractivity contribution >= 4 is 20.4 Å². The minimum absolute atomic E-state index is 0.304. The Kier molecular flexibility index (Phi) is 3.78. The molecule has 0 bridgehead atoms. The molecule has 0 N–H and O–H groups in total. The quantitative estimate of drug-likeness (QED) is 0.794. The van der Waals surface area contributed by atoms with Crippen molar-refractivity contribution < 1.29 is 9.31 Å². The molecule has 1 heterocycles. The molecule has 2 nitrogen and oxygen atoms in total. The lowest BCUT2D eigenvalue weighted by atomic mass is 9.90. The second kappa shape index (κ2) is 4.86. The fraction of sp³-hybridized carbons (Fsp3) is 0.500. The van der Waals surface area contributed by atoms with Crippen LogP contribution in [0.5, 0.6) is 0 Å². The Hall–Kier alpha value is -0.838. The van der Waals surface area contributed by atoms with Gasteiger partial charge < -0.3 is 9.31 Å². The van der Waals surface area contributed by atoms with Crippen molar-refractivity contribution in [1.29, 1.82) is 0 Å². The van der Waals surface area contributed by atoms with Crippen molar-refractivity contribution in [3.05, 3.63) is 42.0 Å². The lowest BCUT2D eigenvalue weighted by molar-refractivity contribution is 0.00578. The fourth-order valence-electron chi connectivity index (χ4n) is 2.32. The third kappa shape index (κ3) is 2.52. The van der Waals surface area contributed by atoms with Crippen molar-refractivity contribution in [3.8, 4) is 0 Å². The van der Waals surface area contributed by atoms with Gasteiger partial charge in [-0.3, -0.25) is 0 Å². The maximum absolute atomic E-state index is 6.15. The van der Waals surface area contributed by atoms with E-state index in [-0.39, 0.29) is 18.3 Å². The molecule has 0 radical (unpaired) electrons. The molecule has 0 aliphatic carbocycles. The second-order valence-corrected chi connectivity index (χ2v) is 11.6. The molecule has 0 atom stereocenters. The summed E-state index contributed by atoms with van der Waals surface area (Å²) in [5, 5.41) is 2.46. The van der Waals surface area contributed by atoms with E-state index < -0.39 is 8.07 Å². The zero-order chi connectivity index (χ0) is 15.2. The fourth-order valence-corrected chi connectivity index (χ4v) is 4.42. The summed E-state index contributed by atoms with van der Waals surface area (Å²) in [4.78, 5) is 0. The summed E-state index contributed by atoms with van der Waals surface area (Å²) >= 11 is 0. The topological polar surface area (TPSA) is 18.5 Å². The number of benzene rings is 1. The summed E-state index contributed by atoms with van der Waals surface area (Å²) in [5.41, 5.74) is -0.608. The summed E-state index contributed by atoms with van der Waals surface area (Å²) in [6.07, 6.45) is 0. The molecular formula is C16H25BO2Si. The molecule has 1 saturated heterocycles. The van der Waals surface area contributed by atoms with E-state index in [1.807, 2.05) is 6.07 Å². The Labute approximate surface area is 124 Å². The van der Waals surface area contributed by atoms with Gasteiger partial charge in [0.05, 0.1) is 11.2 Å². The first-order valence-corrected chi connectivity index (χ1v) is 10.2. The van der Waals surface area contributed by atoms with Crippen LogP contribution in [0.15, 0.2) is 42.0 Å². The average Bonchev–Trinajstić information content (AvgIpc) is 2.58. The molecule has 0 spiro atoms. The van der Waals surface area contributed by atoms with E-state index in [0.717, 1.165) is 5.10 Å². The largest absolute Gasteiger partial charge is 0.486 e. The molecular weight excluding hydrogens is 263 g/mol. The van der Waals surface area contributed by atoms with Crippen LogP contribution in [0, 0.1) is 0 Å². The molecule has 20 heavy (non-hydrogen) atoms. The van der Waals surface area contributed by atoms with Crippen molar-refractivity contribution in [3.63, 3.8) is 0 Å². The summed E-state index contributed by atoms with van der Waals surface area (Å²) in [6, 6.07) is 10.6. The first-order chi connectivity index (χ1) is 9.08. The van der Waals surface area contributed by atoms with Gasteiger partial charge in [0.1, 0.15) is 8.07 Å². The molecule has 4 heteroatoms. The monoisotopic (exact) mass is 288 g/mol. The van der Waals surface area contributed by atoms with Crippen LogP contribution in [0.25, 0.3) is 0 Å². The van der Waals surface area contributed by atoms with Crippen LogP contribution in [0.4, 0.5) is 0 Å². The normalized spacial score (nSPS) is 21.0. The Morgan fingerprint density at radius 2 is 1.45 bits per heavy atom. The minimum Gasteiger partial charge on any atom is -0.400 e. The molecule has 0 aromatic heterocycles. The Morgan fingerprint density at radius 1 is 1.00 bits per heavy atom. The van der Waals surface area contributed by atoms with E-state index >= 15 is 0 Å². The lowest BCUT2D eigenvalue weighted by Gasteiger charge is -2.32. The SMILES string of the molecule is C=C(B1OC(C)(C)C(C)(C)O1)[Si](C)(C)c1ccccc1. The van der Waals surface area contributed by atoms with Gasteiger partial charge >= 0.3 is 7.12 Å². The van der Waals surface area contributed by atoms with Crippen LogP contribution in [0.2, 0.25) is 13.1 Å². The van der Waals surface area contributed by atoms with E-state index in [9.17, 15) is 0 Å². The molecule has 0 saturated carbocycles. The molecule has 1 fully saturated rings. The summed E-state index contributed by atoms with van der Waals surface area (Å²) < 4.78 is 12.3. The van der Waals surface area contributed by atoms with Crippen molar-refractivity contribution in [2.24, 2.45) is 0 Å². The Bertz CT molecular complexity index is 492. The molecule has 1 aliphatic heterocycles. The molecule has 1 aromatic rings. The summed E-state index contributed by atoms with van der Waals surface area (Å²) in [7, 11) is -2.12. The van der Waals surface area contributed by atoms with Gasteiger partial charge in [0, 0.05) is 0 Å². The number of rotatable bonds is 3. The first-order valence-electron chi connectivity index (χ1n) is 7.18. The van der Waals surface area contributed by atoms with Crippen LogP contribution >= 0.6 is 0 Å². The van der Waals surface area contributed by atoms with Crippen LogP contribution < -0.4 is 5.19 Å². The predicted octanol–water partition coefficient (Wildman–Crippen LogP) is 3.33. The highest BCUT2D eigenvalue weighted by Gasteiger charge is 2.54. The molecule has 2 rings (SSSR count). The lowest BCUT2D eigenvalue weighted by Crippen LogP contribution is -2.49. The van der Waals surface area contributed by atoms with Crippen molar-refractivity contribution in [2.45, 2.75) is 52.0 Å². The second-order valence-electron chi connectivity index (χ2n) is 7.10. The van der Waals surface area contributed by atoms with Gasteiger partial charge in [0.15, 0.2) is 0 Å². The molecule has 1 aromatic carbocycles. The third-order valence-corrected chi connectivity index (χ3v) is 8.45. The Morgan fingerprint density at radius 3 is 1.90 bits per heavy atom. The number of hydrogen-bond donors (Lipinski definition) is 0. The molecule has 0 unspecified atom stereocenters. The highest BCUT2D eigenvalue weighted by Crippen LogP contribution is 2.39. The summed E-state index contributed by atoms with van der Waals surface area (Å²) in [5.74, 6) is 0. The minimum atomic E-state index is -1.82. The van der Waals surface area contributed by atoms with E-state index in [2.05, 4.69) is 71.6 Å². The van der Waals surface area contributed by atoms with Gasteiger partial charge in [0.2, 0.25) is 0 Å². The summed E-state index contributed by atoms with van der Waals surface area (Å²) in [6.45, 7) is 17.3. The predicted molar refractivity (Wildman–Crippen MR) is 88.8 cm³/mol. The zero-order valence-corrected chi connectivity index (χ0v) is 14.5. The maximum Gasteiger partial charge on any atom is 0.486 e. The number of hydrogen-bond acceptors (Lipinski definition) is 2. The van der Waals surface area contributed by atoms with E-state index in [1.54, 1.807) is 0 Å². The van der Waals surface area contributed by atoms with Gasteiger partial charge in [-0.05, 0) is 27.7 Å². The van der Waals surface area contributed by atoms with Gasteiger partial charge in [0.25, 0.3) is 0 Å². The van der Waals surface area contributed by atoms with Crippen LogP contribution in [-0.2, 0) is 9.31 Å². The van der Waals surface area contributed by atoms with E-state index in [4.69, 9.17) is 9.31 Å².